The Kier molecular flexibility index (Phi) is 6.34. The van der Waals surface area contributed by atoms with E-state index in [1.807, 2.05) is 0 Å². The number of aryl methyl sites for hydroxylation is 1. The van der Waals surface area contributed by atoms with Crippen LogP contribution in [0.1, 0.15) is 39.6 Å². The van der Waals surface area contributed by atoms with E-state index in [9.17, 15) is 22.8 Å². The van der Waals surface area contributed by atoms with Gasteiger partial charge in [-0.2, -0.15) is 4.31 Å². The lowest BCUT2D eigenvalue weighted by molar-refractivity contribution is -0.129. The van der Waals surface area contributed by atoms with E-state index in [1.165, 1.54) is 42.4 Å². The summed E-state index contributed by atoms with van der Waals surface area (Å²) in [6, 6.07) is 5.76. The summed E-state index contributed by atoms with van der Waals surface area (Å²) in [6.45, 7) is 5.62. The maximum Gasteiger partial charge on any atom is 0.257 e. The molecule has 2 heterocycles. The number of amides is 2. The van der Waals surface area contributed by atoms with Gasteiger partial charge in [0.1, 0.15) is 0 Å². The molecule has 9 nitrogen and oxygen atoms in total. The Labute approximate surface area is 178 Å². The number of hydrogen-bond acceptors (Lipinski definition) is 7. The summed E-state index contributed by atoms with van der Waals surface area (Å²) in [7, 11) is -3.80. The number of nitrogens with one attached hydrogen (secondary N) is 1. The number of sulfonamides is 1. The van der Waals surface area contributed by atoms with Gasteiger partial charge in [-0.3, -0.25) is 19.7 Å². The number of Topliss-reactive ketones (excluding diaryl/α,β-unsaturated/α-hetero) is 1. The number of benzene rings is 1. The highest BCUT2D eigenvalue weighted by Gasteiger charge is 2.29. The SMILES string of the molecule is CC(=O)c1sc(NC(=O)c2cccc(S(=O)(=O)N3CCN(C(C)=O)CC3)c2)nc1C. The Morgan fingerprint density at radius 1 is 1.10 bits per heavy atom. The number of hydrogen-bond donors (Lipinski definition) is 1. The molecule has 2 aromatic rings. The number of carbonyl (C=O) groups is 3. The molecule has 1 saturated heterocycles. The van der Waals surface area contributed by atoms with E-state index in [1.54, 1.807) is 11.8 Å². The van der Waals surface area contributed by atoms with Gasteiger partial charge in [-0.25, -0.2) is 13.4 Å². The number of ketones is 1. The fourth-order valence-corrected chi connectivity index (χ4v) is 5.46. The van der Waals surface area contributed by atoms with Crippen LogP contribution >= 0.6 is 11.3 Å². The van der Waals surface area contributed by atoms with E-state index in [2.05, 4.69) is 10.3 Å². The second-order valence-electron chi connectivity index (χ2n) is 6.88. The number of rotatable bonds is 5. The maximum atomic E-state index is 13.0. The molecular formula is C19H22N4O5S2. The van der Waals surface area contributed by atoms with E-state index < -0.39 is 15.9 Å². The van der Waals surface area contributed by atoms with Gasteiger partial charge in [0.05, 0.1) is 15.5 Å². The molecule has 160 valence electrons. The van der Waals surface area contributed by atoms with Crippen molar-refractivity contribution in [2.45, 2.75) is 25.7 Å². The number of piperazine rings is 1. The van der Waals surface area contributed by atoms with Crippen LogP contribution in [0.5, 0.6) is 0 Å². The summed E-state index contributed by atoms with van der Waals surface area (Å²) in [5.41, 5.74) is 0.694. The minimum absolute atomic E-state index is 0.00571. The van der Waals surface area contributed by atoms with Crippen LogP contribution in [0.25, 0.3) is 0 Å². The summed E-state index contributed by atoms with van der Waals surface area (Å²) in [6.07, 6.45) is 0. The lowest BCUT2D eigenvalue weighted by Gasteiger charge is -2.33. The highest BCUT2D eigenvalue weighted by Crippen LogP contribution is 2.24. The van der Waals surface area contributed by atoms with Gasteiger partial charge in [-0.1, -0.05) is 17.4 Å². The number of anilines is 1. The third-order valence-electron chi connectivity index (χ3n) is 4.75. The van der Waals surface area contributed by atoms with Crippen LogP contribution in [-0.2, 0) is 14.8 Å². The molecule has 3 rings (SSSR count). The summed E-state index contributed by atoms with van der Waals surface area (Å²) >= 11 is 1.07. The van der Waals surface area contributed by atoms with Crippen molar-refractivity contribution < 1.29 is 22.8 Å². The van der Waals surface area contributed by atoms with Crippen molar-refractivity contribution in [2.75, 3.05) is 31.5 Å². The lowest BCUT2D eigenvalue weighted by Crippen LogP contribution is -2.49. The first kappa shape index (κ1) is 22.1. The molecule has 0 bridgehead atoms. The molecule has 0 unspecified atom stereocenters. The molecule has 1 fully saturated rings. The van der Waals surface area contributed by atoms with E-state index in [4.69, 9.17) is 0 Å². The van der Waals surface area contributed by atoms with Crippen LogP contribution in [0, 0.1) is 6.92 Å². The van der Waals surface area contributed by atoms with Crippen LogP contribution < -0.4 is 5.32 Å². The minimum Gasteiger partial charge on any atom is -0.340 e. The summed E-state index contributed by atoms with van der Waals surface area (Å²) < 4.78 is 27.2. The molecule has 1 aromatic heterocycles. The second kappa shape index (κ2) is 8.62. The van der Waals surface area contributed by atoms with E-state index in [-0.39, 0.29) is 40.4 Å². The van der Waals surface area contributed by atoms with Crippen molar-refractivity contribution in [3.63, 3.8) is 0 Å². The Hall–Kier alpha value is -2.63. The summed E-state index contributed by atoms with van der Waals surface area (Å²) in [5, 5.41) is 2.89. The maximum absolute atomic E-state index is 13.0. The molecule has 30 heavy (non-hydrogen) atoms. The molecule has 0 radical (unpaired) electrons. The molecule has 0 spiro atoms. The van der Waals surface area contributed by atoms with Gasteiger partial charge in [0.25, 0.3) is 5.91 Å². The van der Waals surface area contributed by atoms with Crippen molar-refractivity contribution >= 4 is 44.1 Å². The van der Waals surface area contributed by atoms with Gasteiger partial charge in [0.2, 0.25) is 15.9 Å². The van der Waals surface area contributed by atoms with E-state index in [0.717, 1.165) is 11.3 Å². The molecule has 0 atom stereocenters. The molecule has 1 N–H and O–H groups in total. The van der Waals surface area contributed by atoms with Crippen molar-refractivity contribution in [3.05, 3.63) is 40.4 Å². The normalized spacial score (nSPS) is 15.1. The Bertz CT molecular complexity index is 1100. The van der Waals surface area contributed by atoms with E-state index in [0.29, 0.717) is 23.7 Å². The Balaban J connectivity index is 1.77. The Morgan fingerprint density at radius 2 is 1.77 bits per heavy atom. The number of nitrogens with zero attached hydrogens (tertiary/aromatic N) is 3. The predicted molar refractivity (Wildman–Crippen MR) is 112 cm³/mol. The third kappa shape index (κ3) is 4.58. The van der Waals surface area contributed by atoms with Gasteiger partial charge in [-0.15, -0.1) is 0 Å². The van der Waals surface area contributed by atoms with Crippen molar-refractivity contribution in [1.29, 1.82) is 0 Å². The summed E-state index contributed by atoms with van der Waals surface area (Å²) in [5.74, 6) is -0.739. The van der Waals surface area contributed by atoms with Crippen molar-refractivity contribution in [3.8, 4) is 0 Å². The average Bonchev–Trinajstić information content (AvgIpc) is 3.08. The highest BCUT2D eigenvalue weighted by atomic mass is 32.2. The van der Waals surface area contributed by atoms with Crippen LogP contribution in [0.3, 0.4) is 0 Å². The smallest absolute Gasteiger partial charge is 0.257 e. The zero-order valence-corrected chi connectivity index (χ0v) is 18.5. The fourth-order valence-electron chi connectivity index (χ4n) is 3.14. The molecule has 11 heteroatoms. The Morgan fingerprint density at radius 3 is 2.33 bits per heavy atom. The number of carbonyl (C=O) groups excluding carboxylic acids is 3. The first-order valence-corrected chi connectivity index (χ1v) is 11.5. The van der Waals surface area contributed by atoms with Crippen LogP contribution in [0.15, 0.2) is 29.2 Å². The average molecular weight is 451 g/mol. The number of aromatic nitrogens is 1. The van der Waals surface area contributed by atoms with Crippen molar-refractivity contribution in [1.82, 2.24) is 14.2 Å². The lowest BCUT2D eigenvalue weighted by atomic mass is 10.2. The largest absolute Gasteiger partial charge is 0.340 e. The molecule has 1 aliphatic rings. The zero-order chi connectivity index (χ0) is 22.1. The quantitative estimate of drug-likeness (QED) is 0.694. The molecule has 0 saturated carbocycles. The van der Waals surface area contributed by atoms with Gasteiger partial charge in [0.15, 0.2) is 10.9 Å². The molecule has 0 aliphatic carbocycles. The van der Waals surface area contributed by atoms with Crippen LogP contribution in [0.4, 0.5) is 5.13 Å². The standard InChI is InChI=1S/C19H22N4O5S2/c1-12-17(13(2)24)29-19(20-12)21-18(26)15-5-4-6-16(11-15)30(27,28)23-9-7-22(8-10-23)14(3)25/h4-6,11H,7-10H2,1-3H3,(H,20,21,26). The molecule has 1 aromatic carbocycles. The van der Waals surface area contributed by atoms with E-state index >= 15 is 0 Å². The molecular weight excluding hydrogens is 428 g/mol. The zero-order valence-electron chi connectivity index (χ0n) is 16.8. The van der Waals surface area contributed by atoms with Gasteiger partial charge < -0.3 is 4.90 Å². The highest BCUT2D eigenvalue weighted by molar-refractivity contribution is 7.89. The van der Waals surface area contributed by atoms with Gasteiger partial charge in [0, 0.05) is 45.6 Å². The van der Waals surface area contributed by atoms with Gasteiger partial charge >= 0.3 is 0 Å². The third-order valence-corrected chi connectivity index (χ3v) is 7.82. The molecule has 1 aliphatic heterocycles. The van der Waals surface area contributed by atoms with Crippen LogP contribution in [0.2, 0.25) is 0 Å². The fraction of sp³-hybridized carbons (Fsp3) is 0.368. The predicted octanol–water partition coefficient (Wildman–Crippen LogP) is 1.76. The molecule has 2 amide bonds. The van der Waals surface area contributed by atoms with Crippen LogP contribution in [-0.4, -0.2) is 66.4 Å². The summed E-state index contributed by atoms with van der Waals surface area (Å²) in [4.78, 5) is 41.8. The second-order valence-corrected chi connectivity index (χ2v) is 9.82. The van der Waals surface area contributed by atoms with Crippen molar-refractivity contribution in [2.24, 2.45) is 0 Å². The van der Waals surface area contributed by atoms with Gasteiger partial charge in [-0.05, 0) is 25.1 Å². The first-order chi connectivity index (χ1) is 14.1. The minimum atomic E-state index is -3.80. The first-order valence-electron chi connectivity index (χ1n) is 9.25. The number of thiazole rings is 1. The topological polar surface area (TPSA) is 117 Å². The monoisotopic (exact) mass is 450 g/mol.